The molecule has 1 saturated carbocycles. The van der Waals surface area contributed by atoms with E-state index >= 15 is 0 Å². The van der Waals surface area contributed by atoms with E-state index in [1.54, 1.807) is 18.2 Å². The van der Waals surface area contributed by atoms with Crippen LogP contribution < -0.4 is 0 Å². The van der Waals surface area contributed by atoms with Gasteiger partial charge in [0.05, 0.1) is 12.7 Å². The summed E-state index contributed by atoms with van der Waals surface area (Å²) in [6.45, 7) is 2.69. The minimum Gasteiger partial charge on any atom is -0.462 e. The number of hydrogen-bond acceptors (Lipinski definition) is 14. The molecule has 0 aliphatic heterocycles. The fourth-order valence-corrected chi connectivity index (χ4v) is 8.01. The van der Waals surface area contributed by atoms with Crippen molar-refractivity contribution in [3.05, 3.63) is 134 Å². The van der Waals surface area contributed by atoms with Crippen molar-refractivity contribution in [1.82, 2.24) is 0 Å². The molecule has 406 valence electrons. The number of hydrogen-bond donors (Lipinski definition) is 8. The molecular formula is C53H82O17P2. The lowest BCUT2D eigenvalue weighted by atomic mass is 9.85. The van der Waals surface area contributed by atoms with Crippen molar-refractivity contribution in [2.24, 2.45) is 0 Å². The van der Waals surface area contributed by atoms with Crippen molar-refractivity contribution < 1.29 is 82.0 Å². The lowest BCUT2D eigenvalue weighted by Crippen LogP contribution is -2.64. The van der Waals surface area contributed by atoms with Gasteiger partial charge >= 0.3 is 27.6 Å². The topological polar surface area (TPSA) is 276 Å². The van der Waals surface area contributed by atoms with Crippen LogP contribution in [0.25, 0.3) is 0 Å². The number of rotatable bonds is 39. The van der Waals surface area contributed by atoms with Crippen LogP contribution in [0.3, 0.4) is 0 Å². The molecule has 0 aromatic carbocycles. The molecule has 0 aromatic rings. The van der Waals surface area contributed by atoms with Gasteiger partial charge in [-0.2, -0.15) is 0 Å². The van der Waals surface area contributed by atoms with Crippen molar-refractivity contribution in [1.29, 1.82) is 0 Å². The van der Waals surface area contributed by atoms with Crippen LogP contribution in [-0.4, -0.2) is 114 Å². The highest BCUT2D eigenvalue weighted by Crippen LogP contribution is 2.49. The molecule has 0 aromatic heterocycles. The van der Waals surface area contributed by atoms with Gasteiger partial charge in [-0.1, -0.05) is 160 Å². The highest BCUT2D eigenvalue weighted by atomic mass is 31.2. The molecule has 6 unspecified atom stereocenters. The molecule has 1 aliphatic carbocycles. The van der Waals surface area contributed by atoms with Crippen molar-refractivity contribution in [2.75, 3.05) is 13.2 Å². The van der Waals surface area contributed by atoms with Gasteiger partial charge < -0.3 is 49.7 Å². The quantitative estimate of drug-likeness (QED) is 0.00937. The lowest BCUT2D eigenvalue weighted by Gasteiger charge is -2.43. The number of phosphoric ester groups is 2. The summed E-state index contributed by atoms with van der Waals surface area (Å²) in [7, 11) is -10.8. The normalized spacial score (nSPS) is 22.3. The maximum absolute atomic E-state index is 13.0. The van der Waals surface area contributed by atoms with E-state index in [2.05, 4.69) is 91.3 Å². The number of ether oxygens (including phenoxy) is 2. The lowest BCUT2D eigenvalue weighted by molar-refractivity contribution is -0.216. The van der Waals surface area contributed by atoms with Gasteiger partial charge in [0.1, 0.15) is 43.2 Å². The second-order valence-corrected chi connectivity index (χ2v) is 19.2. The van der Waals surface area contributed by atoms with E-state index in [9.17, 15) is 58.9 Å². The first-order valence-corrected chi connectivity index (χ1v) is 27.9. The number of aliphatic hydroxyl groups excluding tert-OH is 5. The number of aliphatic hydroxyl groups is 5. The monoisotopic (exact) mass is 1050 g/mol. The van der Waals surface area contributed by atoms with Crippen LogP contribution in [0.15, 0.2) is 134 Å². The van der Waals surface area contributed by atoms with Crippen LogP contribution in [0, 0.1) is 0 Å². The molecule has 19 heteroatoms. The average molecular weight is 1050 g/mol. The fraction of sp³-hybridized carbons (Fsp3) is 0.547. The van der Waals surface area contributed by atoms with Crippen LogP contribution in [0.4, 0.5) is 0 Å². The van der Waals surface area contributed by atoms with Gasteiger partial charge in [0, 0.05) is 12.8 Å². The second kappa shape index (κ2) is 41.5. The van der Waals surface area contributed by atoms with Crippen LogP contribution in [0.5, 0.6) is 0 Å². The molecule has 0 spiro atoms. The van der Waals surface area contributed by atoms with Crippen LogP contribution in [0.2, 0.25) is 0 Å². The summed E-state index contributed by atoms with van der Waals surface area (Å²) in [5.74, 6) is -1.60. The van der Waals surface area contributed by atoms with Gasteiger partial charge in [-0.05, 0) is 83.5 Å². The summed E-state index contributed by atoms with van der Waals surface area (Å²) in [5.41, 5.74) is 0. The Labute approximate surface area is 426 Å². The number of phosphoric acid groups is 2. The maximum atomic E-state index is 13.0. The number of esters is 2. The molecule has 0 radical (unpaired) electrons. The van der Waals surface area contributed by atoms with Gasteiger partial charge in [0.2, 0.25) is 0 Å². The predicted molar refractivity (Wildman–Crippen MR) is 279 cm³/mol. The van der Waals surface area contributed by atoms with E-state index in [1.807, 2.05) is 36.5 Å². The Kier molecular flexibility index (Phi) is 38.1. The van der Waals surface area contributed by atoms with Gasteiger partial charge in [-0.25, -0.2) is 9.13 Å². The van der Waals surface area contributed by atoms with Gasteiger partial charge in [-0.15, -0.1) is 0 Å². The van der Waals surface area contributed by atoms with Gasteiger partial charge in [-0.3, -0.25) is 23.2 Å². The van der Waals surface area contributed by atoms with Crippen LogP contribution >= 0.6 is 15.6 Å². The van der Waals surface area contributed by atoms with Crippen molar-refractivity contribution in [3.63, 3.8) is 0 Å². The molecule has 9 atom stereocenters. The highest BCUT2D eigenvalue weighted by molar-refractivity contribution is 7.47. The zero-order valence-corrected chi connectivity index (χ0v) is 43.7. The van der Waals surface area contributed by atoms with E-state index in [-0.39, 0.29) is 19.3 Å². The summed E-state index contributed by atoms with van der Waals surface area (Å²) >= 11 is 0. The van der Waals surface area contributed by atoms with E-state index in [0.717, 1.165) is 51.4 Å². The van der Waals surface area contributed by atoms with E-state index in [0.29, 0.717) is 19.3 Å². The summed E-state index contributed by atoms with van der Waals surface area (Å²) in [6, 6.07) is 0. The smallest absolute Gasteiger partial charge is 0.462 e. The third-order valence-corrected chi connectivity index (χ3v) is 11.8. The second-order valence-electron chi connectivity index (χ2n) is 16.6. The summed E-state index contributed by atoms with van der Waals surface area (Å²) in [5, 5.41) is 51.7. The molecule has 72 heavy (non-hydrogen) atoms. The minimum absolute atomic E-state index is 0.0614. The molecule has 1 rings (SSSR count). The minimum atomic E-state index is -5.41. The largest absolute Gasteiger partial charge is 0.472 e. The zero-order chi connectivity index (χ0) is 53.3. The van der Waals surface area contributed by atoms with Crippen LogP contribution in [-0.2, 0) is 41.8 Å². The number of allylic oxidation sites excluding steroid dienone is 21. The van der Waals surface area contributed by atoms with E-state index in [4.69, 9.17) is 18.5 Å². The van der Waals surface area contributed by atoms with Crippen LogP contribution in [0.1, 0.15) is 123 Å². The first-order chi connectivity index (χ1) is 34.5. The Bertz CT molecular complexity index is 1910. The number of unbranched alkanes of at least 4 members (excludes halogenated alkanes) is 3. The SMILES string of the molecule is CC/C=C\C/C=C\C/C=C\C/C=C\C/C=C\C=C/C(O)CCC(=O)O[C@H](COC(=O)CC/C=C\C/C=C\C/C=C\C/C=C\C/C=C\CCCCC)COP(=O)(O)O[C@H]1C(O)C(O)C(O)[C@@H](OP(=O)(O)O)C1O. The molecular weight excluding hydrogens is 971 g/mol. The maximum Gasteiger partial charge on any atom is 0.472 e. The zero-order valence-electron chi connectivity index (χ0n) is 41.9. The third-order valence-electron chi connectivity index (χ3n) is 10.3. The number of carbonyl (C=O) groups excluding carboxylic acids is 2. The molecule has 17 nitrogen and oxygen atoms in total. The Morgan fingerprint density at radius 2 is 1.00 bits per heavy atom. The fourth-order valence-electron chi connectivity index (χ4n) is 6.47. The Hall–Kier alpha value is -3.90. The van der Waals surface area contributed by atoms with Crippen molar-refractivity contribution in [2.45, 2.75) is 172 Å². The molecule has 0 heterocycles. The summed E-state index contributed by atoms with van der Waals surface area (Å²) in [6.07, 6.45) is 40.1. The standard InChI is InChI=1S/C53H82O17P2/c1-3-5-7-9-11-13-15-17-19-21-22-23-25-27-29-31-33-35-37-39-46(55)66-42-45(43-67-72(64,65)70-53-50(59)48(57)49(58)52(51(53)60)69-71(61,62)63)68-47(56)41-40-44(54)38-36-34-32-30-28-26-24-20-18-16-14-12-10-8-6-4-2/h6,8,11-14,17-20,22-23,26-29,32-36,38,44-45,48-54,57-60H,3-5,7,9-10,15-16,21,24-25,30-31,37,39-43H2,1-2H3,(H,64,65)(H2,61,62,63)/b8-6-,13-11-,14-12-,19-17-,20-18-,23-22-,28-26-,29-27-,34-32-,35-33-,38-36-/t44?,45-,48?,49?,50?,51?,52-,53+/m1/s1. The third kappa shape index (κ3) is 35.3. The molecule has 0 amide bonds. The Morgan fingerprint density at radius 1 is 0.528 bits per heavy atom. The molecule has 1 aliphatic rings. The van der Waals surface area contributed by atoms with Crippen molar-refractivity contribution in [3.8, 4) is 0 Å². The van der Waals surface area contributed by atoms with Gasteiger partial charge in [0.25, 0.3) is 0 Å². The highest BCUT2D eigenvalue weighted by Gasteiger charge is 2.54. The van der Waals surface area contributed by atoms with Crippen molar-refractivity contribution >= 4 is 27.6 Å². The Balaban J connectivity index is 2.74. The van der Waals surface area contributed by atoms with E-state index in [1.165, 1.54) is 25.3 Å². The number of carbonyl (C=O) groups is 2. The summed E-state index contributed by atoms with van der Waals surface area (Å²) in [4.78, 5) is 54.4. The molecule has 1 fully saturated rings. The first-order valence-electron chi connectivity index (χ1n) is 24.8. The molecule has 0 bridgehead atoms. The average Bonchev–Trinajstić information content (AvgIpc) is 3.34. The van der Waals surface area contributed by atoms with E-state index < -0.39 is 89.6 Å². The first kappa shape index (κ1) is 66.1. The van der Waals surface area contributed by atoms with Gasteiger partial charge in [0.15, 0.2) is 6.10 Å². The predicted octanol–water partition coefficient (Wildman–Crippen LogP) is 9.03. The Morgan fingerprint density at radius 3 is 1.50 bits per heavy atom. The molecule has 8 N–H and O–H groups in total. The summed E-state index contributed by atoms with van der Waals surface area (Å²) < 4.78 is 49.1. The molecule has 0 saturated heterocycles.